The summed E-state index contributed by atoms with van der Waals surface area (Å²) in [4.78, 5) is 25.3. The molecule has 0 aliphatic heterocycles. The minimum Gasteiger partial charge on any atom is -0.462 e. The van der Waals surface area contributed by atoms with Crippen molar-refractivity contribution in [2.24, 2.45) is 0 Å². The number of ether oxygens (including phenoxy) is 3. The Labute approximate surface area is 348 Å². The van der Waals surface area contributed by atoms with Crippen LogP contribution in [0.15, 0.2) is 48.6 Å². The molecule has 0 aromatic carbocycles. The number of rotatable bonds is 44. The maximum absolute atomic E-state index is 12.7. The van der Waals surface area contributed by atoms with Gasteiger partial charge in [-0.3, -0.25) is 9.59 Å². The summed E-state index contributed by atoms with van der Waals surface area (Å²) in [5, 5.41) is 0. The number of carbonyl (C=O) groups excluding carboxylic acids is 2. The van der Waals surface area contributed by atoms with Crippen LogP contribution in [0.4, 0.5) is 0 Å². The maximum atomic E-state index is 12.7. The van der Waals surface area contributed by atoms with Crippen molar-refractivity contribution < 1.29 is 23.8 Å². The second kappa shape index (κ2) is 47.2. The van der Waals surface area contributed by atoms with Crippen LogP contribution >= 0.6 is 0 Å². The molecule has 0 amide bonds. The van der Waals surface area contributed by atoms with Crippen LogP contribution in [-0.4, -0.2) is 37.9 Å². The highest BCUT2D eigenvalue weighted by molar-refractivity contribution is 5.70. The fourth-order valence-electron chi connectivity index (χ4n) is 6.80. The lowest BCUT2D eigenvalue weighted by molar-refractivity contribution is -0.163. The molecule has 1 atom stereocenters. The molecule has 0 bridgehead atoms. The van der Waals surface area contributed by atoms with Crippen molar-refractivity contribution in [2.75, 3.05) is 19.8 Å². The summed E-state index contributed by atoms with van der Waals surface area (Å²) in [5.41, 5.74) is 0. The van der Waals surface area contributed by atoms with Crippen molar-refractivity contribution in [3.05, 3.63) is 48.6 Å². The van der Waals surface area contributed by atoms with Crippen molar-refractivity contribution in [2.45, 2.75) is 245 Å². The summed E-state index contributed by atoms with van der Waals surface area (Å²) in [6, 6.07) is 0. The molecule has 0 aromatic heterocycles. The van der Waals surface area contributed by atoms with Gasteiger partial charge in [0, 0.05) is 19.4 Å². The van der Waals surface area contributed by atoms with E-state index in [9.17, 15) is 9.59 Å². The first-order valence-corrected chi connectivity index (χ1v) is 24.2. The van der Waals surface area contributed by atoms with Crippen molar-refractivity contribution >= 4 is 11.9 Å². The molecule has 1 unspecified atom stereocenters. The molecule has 56 heavy (non-hydrogen) atoms. The third kappa shape index (κ3) is 44.6. The fraction of sp³-hybridized carbons (Fsp3) is 0.804. The Bertz CT molecular complexity index is 935. The highest BCUT2D eigenvalue weighted by Gasteiger charge is 2.17. The van der Waals surface area contributed by atoms with Crippen LogP contribution < -0.4 is 0 Å². The van der Waals surface area contributed by atoms with E-state index in [1.54, 1.807) is 0 Å². The molecule has 0 fully saturated rings. The first-order chi connectivity index (χ1) is 27.6. The predicted octanol–water partition coefficient (Wildman–Crippen LogP) is 16.0. The van der Waals surface area contributed by atoms with Crippen molar-refractivity contribution in [3.63, 3.8) is 0 Å². The van der Waals surface area contributed by atoms with Gasteiger partial charge in [-0.05, 0) is 57.8 Å². The molecule has 0 saturated carbocycles. The maximum Gasteiger partial charge on any atom is 0.306 e. The Morgan fingerprint density at radius 1 is 0.411 bits per heavy atom. The van der Waals surface area contributed by atoms with Crippen LogP contribution in [0.25, 0.3) is 0 Å². The molecule has 326 valence electrons. The Kier molecular flexibility index (Phi) is 45.4. The molecule has 0 N–H and O–H groups in total. The topological polar surface area (TPSA) is 61.8 Å². The van der Waals surface area contributed by atoms with Gasteiger partial charge in [-0.2, -0.15) is 0 Å². The zero-order chi connectivity index (χ0) is 40.7. The lowest BCUT2D eigenvalue weighted by atomic mass is 10.0. The Hall–Kier alpha value is -2.14. The molecule has 0 aliphatic rings. The number of hydrogen-bond donors (Lipinski definition) is 0. The van der Waals surface area contributed by atoms with E-state index in [0.717, 1.165) is 77.0 Å². The summed E-state index contributed by atoms with van der Waals surface area (Å²) < 4.78 is 17.3. The molecule has 5 heteroatoms. The van der Waals surface area contributed by atoms with E-state index in [-0.39, 0.29) is 25.2 Å². The largest absolute Gasteiger partial charge is 0.462 e. The van der Waals surface area contributed by atoms with Gasteiger partial charge in [0.2, 0.25) is 0 Å². The van der Waals surface area contributed by atoms with Crippen LogP contribution in [0.3, 0.4) is 0 Å². The van der Waals surface area contributed by atoms with Crippen molar-refractivity contribution in [3.8, 4) is 0 Å². The molecular formula is C51H92O5. The molecule has 0 spiro atoms. The number of esters is 2. The van der Waals surface area contributed by atoms with Crippen molar-refractivity contribution in [1.82, 2.24) is 0 Å². The van der Waals surface area contributed by atoms with Gasteiger partial charge in [0.1, 0.15) is 6.61 Å². The molecule has 0 saturated heterocycles. The molecule has 0 radical (unpaired) electrons. The highest BCUT2D eigenvalue weighted by Crippen LogP contribution is 2.15. The van der Waals surface area contributed by atoms with E-state index in [1.165, 1.54) is 128 Å². The summed E-state index contributed by atoms with van der Waals surface area (Å²) in [5.74, 6) is -0.406. The van der Waals surface area contributed by atoms with Gasteiger partial charge >= 0.3 is 11.9 Å². The molecule has 5 nitrogen and oxygen atoms in total. The lowest BCUT2D eigenvalue weighted by Gasteiger charge is -2.18. The van der Waals surface area contributed by atoms with Gasteiger partial charge in [-0.15, -0.1) is 0 Å². The van der Waals surface area contributed by atoms with Gasteiger partial charge in [0.15, 0.2) is 6.10 Å². The molecule has 0 rings (SSSR count). The van der Waals surface area contributed by atoms with E-state index in [0.29, 0.717) is 19.4 Å². The number of carbonyl (C=O) groups is 2. The third-order valence-corrected chi connectivity index (χ3v) is 10.4. The average molecular weight is 785 g/mol. The summed E-state index contributed by atoms with van der Waals surface area (Å²) >= 11 is 0. The zero-order valence-electron chi connectivity index (χ0n) is 37.4. The van der Waals surface area contributed by atoms with Crippen molar-refractivity contribution in [1.29, 1.82) is 0 Å². The number of unbranched alkanes of at least 4 members (excludes halogenated alkanes) is 25. The van der Waals surface area contributed by atoms with Gasteiger partial charge < -0.3 is 14.2 Å². The summed E-state index contributed by atoms with van der Waals surface area (Å²) in [7, 11) is 0. The first-order valence-electron chi connectivity index (χ1n) is 24.2. The monoisotopic (exact) mass is 785 g/mol. The van der Waals surface area contributed by atoms with Crippen LogP contribution in [-0.2, 0) is 23.8 Å². The van der Waals surface area contributed by atoms with E-state index in [2.05, 4.69) is 69.4 Å². The number of hydrogen-bond acceptors (Lipinski definition) is 5. The van der Waals surface area contributed by atoms with Gasteiger partial charge in [0.25, 0.3) is 0 Å². The number of allylic oxidation sites excluding steroid dienone is 8. The van der Waals surface area contributed by atoms with Crippen LogP contribution in [0.2, 0.25) is 0 Å². The third-order valence-electron chi connectivity index (χ3n) is 10.4. The predicted molar refractivity (Wildman–Crippen MR) is 242 cm³/mol. The van der Waals surface area contributed by atoms with E-state index in [4.69, 9.17) is 14.2 Å². The molecule has 0 aliphatic carbocycles. The second-order valence-electron chi connectivity index (χ2n) is 16.0. The lowest BCUT2D eigenvalue weighted by Crippen LogP contribution is -2.30. The Morgan fingerprint density at radius 2 is 0.804 bits per heavy atom. The highest BCUT2D eigenvalue weighted by atomic mass is 16.6. The van der Waals surface area contributed by atoms with Crippen LogP contribution in [0.5, 0.6) is 0 Å². The van der Waals surface area contributed by atoms with Gasteiger partial charge in [-0.25, -0.2) is 0 Å². The molecular weight excluding hydrogens is 693 g/mol. The first kappa shape index (κ1) is 53.9. The van der Waals surface area contributed by atoms with Gasteiger partial charge in [-0.1, -0.05) is 217 Å². The van der Waals surface area contributed by atoms with E-state index in [1.807, 2.05) is 0 Å². The van der Waals surface area contributed by atoms with Gasteiger partial charge in [0.05, 0.1) is 6.61 Å². The molecule has 0 aromatic rings. The van der Waals surface area contributed by atoms with Crippen LogP contribution in [0, 0.1) is 0 Å². The second-order valence-corrected chi connectivity index (χ2v) is 16.0. The fourth-order valence-corrected chi connectivity index (χ4v) is 6.80. The zero-order valence-corrected chi connectivity index (χ0v) is 37.4. The van der Waals surface area contributed by atoms with E-state index >= 15 is 0 Å². The minimum absolute atomic E-state index is 0.0813. The Balaban J connectivity index is 4.17. The average Bonchev–Trinajstić information content (AvgIpc) is 3.20. The smallest absolute Gasteiger partial charge is 0.306 e. The summed E-state index contributed by atoms with van der Waals surface area (Å²) in [6.45, 7) is 7.71. The SMILES string of the molecule is CC/C=C\C/C=C\C/C=C\C/C=C\CCCCCCCCC(=O)OCC(COCCCCCCCCCC)OC(=O)CCCCCCCCCCCCCCC. The minimum atomic E-state index is -0.535. The Morgan fingerprint density at radius 3 is 1.29 bits per heavy atom. The standard InChI is InChI=1S/C51H92O5/c1-4-7-10-13-16-19-21-23-24-25-26-27-28-30-31-33-35-38-41-44-50(52)55-48-49(47-54-46-43-40-37-18-15-12-9-6-3)56-51(53)45-42-39-36-34-32-29-22-20-17-14-11-8-5-2/h7,10,16,19,23-24,26-27,49H,4-6,8-9,11-15,17-18,20-22,25,28-48H2,1-3H3/b10-7-,19-16-,24-23-,27-26-. The quantitative estimate of drug-likeness (QED) is 0.0350. The van der Waals surface area contributed by atoms with E-state index < -0.39 is 6.10 Å². The molecule has 0 heterocycles. The summed E-state index contributed by atoms with van der Waals surface area (Å²) in [6.07, 6.45) is 56.8. The van der Waals surface area contributed by atoms with Crippen LogP contribution in [0.1, 0.15) is 239 Å². The normalized spacial score (nSPS) is 12.6.